The molecule has 0 saturated heterocycles. The zero-order valence-electron chi connectivity index (χ0n) is 10.7. The summed E-state index contributed by atoms with van der Waals surface area (Å²) in [7, 11) is 0. The summed E-state index contributed by atoms with van der Waals surface area (Å²) in [5, 5.41) is 0. The predicted molar refractivity (Wildman–Crippen MR) is 71.2 cm³/mol. The minimum absolute atomic E-state index is 0.164. The van der Waals surface area contributed by atoms with Crippen molar-refractivity contribution in [2.75, 3.05) is 6.61 Å². The Bertz CT molecular complexity index is 356. The number of rotatable bonds is 4. The van der Waals surface area contributed by atoms with Gasteiger partial charge in [-0.25, -0.2) is 0 Å². The van der Waals surface area contributed by atoms with Crippen molar-refractivity contribution in [3.05, 3.63) is 29.8 Å². The van der Waals surface area contributed by atoms with Crippen molar-refractivity contribution in [1.29, 1.82) is 0 Å². The Labute approximate surface area is 104 Å². The minimum Gasteiger partial charge on any atom is -0.493 e. The highest BCUT2D eigenvalue weighted by Crippen LogP contribution is 2.39. The number of benzene rings is 1. The van der Waals surface area contributed by atoms with Crippen molar-refractivity contribution in [3.63, 3.8) is 0 Å². The van der Waals surface area contributed by atoms with Crippen LogP contribution in [-0.4, -0.2) is 6.61 Å². The molecule has 94 valence electrons. The Morgan fingerprint density at radius 2 is 1.88 bits per heavy atom. The van der Waals surface area contributed by atoms with Crippen molar-refractivity contribution in [2.45, 2.75) is 51.0 Å². The Balaban J connectivity index is 2.23. The van der Waals surface area contributed by atoms with Gasteiger partial charge in [0.15, 0.2) is 0 Å². The maximum absolute atomic E-state index is 6.57. The Kier molecular flexibility index (Phi) is 4.06. The molecule has 1 saturated carbocycles. The fourth-order valence-electron chi connectivity index (χ4n) is 2.67. The van der Waals surface area contributed by atoms with E-state index in [9.17, 15) is 0 Å². The smallest absolute Gasteiger partial charge is 0.124 e. The van der Waals surface area contributed by atoms with Crippen molar-refractivity contribution in [1.82, 2.24) is 0 Å². The van der Waals surface area contributed by atoms with Gasteiger partial charge in [-0.1, -0.05) is 44.4 Å². The van der Waals surface area contributed by atoms with E-state index in [0.29, 0.717) is 0 Å². The molecule has 1 fully saturated rings. The van der Waals surface area contributed by atoms with E-state index in [2.05, 4.69) is 19.1 Å². The number of para-hydroxylation sites is 1. The number of hydrogen-bond donors (Lipinski definition) is 1. The monoisotopic (exact) mass is 233 g/mol. The highest BCUT2D eigenvalue weighted by molar-refractivity contribution is 5.39. The molecule has 1 aromatic carbocycles. The summed E-state index contributed by atoms with van der Waals surface area (Å²) in [6.07, 6.45) is 6.99. The molecule has 2 heteroatoms. The molecule has 0 unspecified atom stereocenters. The van der Waals surface area contributed by atoms with Gasteiger partial charge in [0.1, 0.15) is 5.75 Å². The normalized spacial score (nSPS) is 18.9. The summed E-state index contributed by atoms with van der Waals surface area (Å²) >= 11 is 0. The van der Waals surface area contributed by atoms with Crippen LogP contribution in [0.4, 0.5) is 0 Å². The van der Waals surface area contributed by atoms with Crippen LogP contribution in [0.3, 0.4) is 0 Å². The Hall–Kier alpha value is -1.02. The van der Waals surface area contributed by atoms with Crippen LogP contribution >= 0.6 is 0 Å². The highest BCUT2D eigenvalue weighted by atomic mass is 16.5. The Morgan fingerprint density at radius 1 is 1.18 bits per heavy atom. The van der Waals surface area contributed by atoms with E-state index < -0.39 is 0 Å². The Morgan fingerprint density at radius 3 is 2.59 bits per heavy atom. The summed E-state index contributed by atoms with van der Waals surface area (Å²) in [5.74, 6) is 0.985. The summed E-state index contributed by atoms with van der Waals surface area (Å²) < 4.78 is 5.82. The van der Waals surface area contributed by atoms with Gasteiger partial charge in [-0.3, -0.25) is 0 Å². The third-order valence-corrected chi connectivity index (χ3v) is 3.63. The van der Waals surface area contributed by atoms with E-state index in [4.69, 9.17) is 10.5 Å². The van der Waals surface area contributed by atoms with Gasteiger partial charge in [0.05, 0.1) is 6.61 Å². The maximum Gasteiger partial charge on any atom is 0.124 e. The summed E-state index contributed by atoms with van der Waals surface area (Å²) in [6, 6.07) is 8.28. The molecule has 1 aliphatic carbocycles. The highest BCUT2D eigenvalue weighted by Gasteiger charge is 2.31. The van der Waals surface area contributed by atoms with Gasteiger partial charge >= 0.3 is 0 Å². The van der Waals surface area contributed by atoms with E-state index in [-0.39, 0.29) is 5.54 Å². The zero-order chi connectivity index (χ0) is 12.1. The van der Waals surface area contributed by atoms with Gasteiger partial charge < -0.3 is 10.5 Å². The molecule has 2 nitrogen and oxygen atoms in total. The van der Waals surface area contributed by atoms with E-state index in [1.807, 2.05) is 12.1 Å². The van der Waals surface area contributed by atoms with Crippen LogP contribution in [0.5, 0.6) is 5.75 Å². The molecule has 1 aromatic rings. The molecule has 0 amide bonds. The van der Waals surface area contributed by atoms with Crippen LogP contribution in [0.15, 0.2) is 24.3 Å². The lowest BCUT2D eigenvalue weighted by Crippen LogP contribution is -2.38. The lowest BCUT2D eigenvalue weighted by molar-refractivity contribution is 0.270. The molecule has 0 spiro atoms. The molecular weight excluding hydrogens is 210 g/mol. The maximum atomic E-state index is 6.57. The van der Waals surface area contributed by atoms with Crippen molar-refractivity contribution in [2.24, 2.45) is 5.73 Å². The predicted octanol–water partition coefficient (Wildman–Crippen LogP) is 3.59. The van der Waals surface area contributed by atoms with E-state index in [1.165, 1.54) is 24.8 Å². The van der Waals surface area contributed by atoms with E-state index >= 15 is 0 Å². The molecule has 0 atom stereocenters. The van der Waals surface area contributed by atoms with Crippen LogP contribution in [0.25, 0.3) is 0 Å². The first-order chi connectivity index (χ1) is 8.26. The lowest BCUT2D eigenvalue weighted by Gasteiger charge is -2.35. The molecule has 2 rings (SSSR count). The number of nitrogens with two attached hydrogens (primary N) is 1. The topological polar surface area (TPSA) is 35.2 Å². The fraction of sp³-hybridized carbons (Fsp3) is 0.600. The molecule has 0 radical (unpaired) electrons. The van der Waals surface area contributed by atoms with Gasteiger partial charge in [0, 0.05) is 11.1 Å². The van der Waals surface area contributed by atoms with Crippen LogP contribution in [0.1, 0.15) is 51.0 Å². The standard InChI is InChI=1S/C15H23NO/c1-2-12-17-14-9-5-4-8-13(14)15(16)10-6-3-7-11-15/h4-5,8-9H,2-3,6-7,10-12,16H2,1H3. The van der Waals surface area contributed by atoms with E-state index in [0.717, 1.165) is 31.6 Å². The molecule has 0 aromatic heterocycles. The lowest BCUT2D eigenvalue weighted by atomic mass is 9.77. The summed E-state index contributed by atoms with van der Waals surface area (Å²) in [5.41, 5.74) is 7.61. The second-order valence-electron chi connectivity index (χ2n) is 5.06. The molecular formula is C15H23NO. The second kappa shape index (κ2) is 5.54. The SMILES string of the molecule is CCCOc1ccccc1C1(N)CCCCC1. The molecule has 0 aliphatic heterocycles. The zero-order valence-corrected chi connectivity index (χ0v) is 10.7. The fourth-order valence-corrected chi connectivity index (χ4v) is 2.67. The molecule has 2 N–H and O–H groups in total. The molecule has 1 aliphatic rings. The van der Waals surface area contributed by atoms with Gasteiger partial charge in [0.25, 0.3) is 0 Å². The molecule has 17 heavy (non-hydrogen) atoms. The van der Waals surface area contributed by atoms with Crippen molar-refractivity contribution < 1.29 is 4.74 Å². The van der Waals surface area contributed by atoms with Gasteiger partial charge in [-0.05, 0) is 25.3 Å². The molecule has 0 bridgehead atoms. The first kappa shape index (κ1) is 12.4. The first-order valence-electron chi connectivity index (χ1n) is 6.77. The van der Waals surface area contributed by atoms with Gasteiger partial charge in [-0.15, -0.1) is 0 Å². The third kappa shape index (κ3) is 2.81. The number of hydrogen-bond acceptors (Lipinski definition) is 2. The average molecular weight is 233 g/mol. The molecule has 0 heterocycles. The minimum atomic E-state index is -0.164. The number of ether oxygens (including phenoxy) is 1. The first-order valence-corrected chi connectivity index (χ1v) is 6.77. The van der Waals surface area contributed by atoms with Crippen LogP contribution in [0, 0.1) is 0 Å². The van der Waals surface area contributed by atoms with Gasteiger partial charge in [0.2, 0.25) is 0 Å². The quantitative estimate of drug-likeness (QED) is 0.862. The summed E-state index contributed by atoms with van der Waals surface area (Å²) in [6.45, 7) is 2.90. The summed E-state index contributed by atoms with van der Waals surface area (Å²) in [4.78, 5) is 0. The van der Waals surface area contributed by atoms with Crippen LogP contribution < -0.4 is 10.5 Å². The average Bonchev–Trinajstić information content (AvgIpc) is 2.37. The third-order valence-electron chi connectivity index (χ3n) is 3.63. The van der Waals surface area contributed by atoms with Crippen LogP contribution in [-0.2, 0) is 5.54 Å². The van der Waals surface area contributed by atoms with Crippen LogP contribution in [0.2, 0.25) is 0 Å². The largest absolute Gasteiger partial charge is 0.493 e. The van der Waals surface area contributed by atoms with Gasteiger partial charge in [-0.2, -0.15) is 0 Å². The second-order valence-corrected chi connectivity index (χ2v) is 5.06. The van der Waals surface area contributed by atoms with Crippen molar-refractivity contribution in [3.8, 4) is 5.75 Å². The van der Waals surface area contributed by atoms with E-state index in [1.54, 1.807) is 0 Å². The van der Waals surface area contributed by atoms with Crippen molar-refractivity contribution >= 4 is 0 Å².